The van der Waals surface area contributed by atoms with Gasteiger partial charge in [-0.1, -0.05) is 0 Å². The SMILES string of the molecule is CN(C)c1ccc(N)c(OCC(=O)N(C)C2CC2)c1. The summed E-state index contributed by atoms with van der Waals surface area (Å²) in [5.74, 6) is 0.556. The van der Waals surface area contributed by atoms with Gasteiger partial charge in [-0.05, 0) is 25.0 Å². The van der Waals surface area contributed by atoms with E-state index in [2.05, 4.69) is 0 Å². The van der Waals surface area contributed by atoms with Gasteiger partial charge < -0.3 is 20.3 Å². The molecule has 1 saturated carbocycles. The molecule has 0 aromatic heterocycles. The molecule has 0 heterocycles. The van der Waals surface area contributed by atoms with Gasteiger partial charge in [-0.3, -0.25) is 4.79 Å². The summed E-state index contributed by atoms with van der Waals surface area (Å²) in [5.41, 5.74) is 7.40. The summed E-state index contributed by atoms with van der Waals surface area (Å²) in [6.45, 7) is 0.0358. The quantitative estimate of drug-likeness (QED) is 0.814. The minimum Gasteiger partial charge on any atom is -0.482 e. The number of hydrogen-bond donors (Lipinski definition) is 1. The fourth-order valence-electron chi connectivity index (χ4n) is 1.83. The molecule has 1 aromatic rings. The van der Waals surface area contributed by atoms with Crippen molar-refractivity contribution in [1.29, 1.82) is 0 Å². The van der Waals surface area contributed by atoms with Crippen molar-refractivity contribution in [2.45, 2.75) is 18.9 Å². The van der Waals surface area contributed by atoms with Crippen LogP contribution in [0.3, 0.4) is 0 Å². The Labute approximate surface area is 113 Å². The normalized spacial score (nSPS) is 14.1. The van der Waals surface area contributed by atoms with Crippen LogP contribution in [0.15, 0.2) is 18.2 Å². The van der Waals surface area contributed by atoms with Crippen molar-refractivity contribution in [3.8, 4) is 5.75 Å². The first-order valence-electron chi connectivity index (χ1n) is 6.44. The summed E-state index contributed by atoms with van der Waals surface area (Å²) >= 11 is 0. The predicted molar refractivity (Wildman–Crippen MR) is 76.5 cm³/mol. The first kappa shape index (κ1) is 13.5. The highest BCUT2D eigenvalue weighted by atomic mass is 16.5. The van der Waals surface area contributed by atoms with E-state index in [9.17, 15) is 4.79 Å². The molecule has 0 atom stereocenters. The molecule has 1 aliphatic carbocycles. The van der Waals surface area contributed by atoms with E-state index in [4.69, 9.17) is 10.5 Å². The zero-order valence-electron chi connectivity index (χ0n) is 11.7. The van der Waals surface area contributed by atoms with Gasteiger partial charge in [0, 0.05) is 38.9 Å². The maximum atomic E-state index is 11.9. The molecule has 0 unspecified atom stereocenters. The number of carbonyl (C=O) groups excluding carboxylic acids is 1. The summed E-state index contributed by atoms with van der Waals surface area (Å²) in [6, 6.07) is 5.96. The number of nitrogen functional groups attached to an aromatic ring is 1. The number of carbonyl (C=O) groups is 1. The van der Waals surface area contributed by atoms with Crippen molar-refractivity contribution in [2.75, 3.05) is 38.4 Å². The molecule has 1 aromatic carbocycles. The van der Waals surface area contributed by atoms with E-state index < -0.39 is 0 Å². The van der Waals surface area contributed by atoms with Crippen LogP contribution in [0.25, 0.3) is 0 Å². The van der Waals surface area contributed by atoms with E-state index >= 15 is 0 Å². The van der Waals surface area contributed by atoms with Crippen molar-refractivity contribution < 1.29 is 9.53 Å². The number of anilines is 2. The lowest BCUT2D eigenvalue weighted by atomic mass is 10.2. The van der Waals surface area contributed by atoms with Gasteiger partial charge >= 0.3 is 0 Å². The molecular formula is C14H21N3O2. The molecule has 0 bridgehead atoms. The molecule has 0 saturated heterocycles. The molecule has 1 aliphatic rings. The third-order valence-corrected chi connectivity index (χ3v) is 3.35. The average Bonchev–Trinajstić information content (AvgIpc) is 3.20. The number of benzene rings is 1. The van der Waals surface area contributed by atoms with E-state index in [1.807, 2.05) is 38.2 Å². The Morgan fingerprint density at radius 3 is 2.63 bits per heavy atom. The lowest BCUT2D eigenvalue weighted by Crippen LogP contribution is -2.33. The Hall–Kier alpha value is -1.91. The highest BCUT2D eigenvalue weighted by Crippen LogP contribution is 2.28. The molecule has 0 radical (unpaired) electrons. The number of ether oxygens (including phenoxy) is 1. The monoisotopic (exact) mass is 263 g/mol. The van der Waals surface area contributed by atoms with Gasteiger partial charge in [0.1, 0.15) is 5.75 Å². The maximum Gasteiger partial charge on any atom is 0.260 e. The van der Waals surface area contributed by atoms with E-state index in [-0.39, 0.29) is 12.5 Å². The molecule has 1 amide bonds. The zero-order valence-corrected chi connectivity index (χ0v) is 11.7. The first-order chi connectivity index (χ1) is 8.99. The minimum atomic E-state index is -0.00263. The molecule has 1 fully saturated rings. The predicted octanol–water partition coefficient (Wildman–Crippen LogP) is 1.33. The van der Waals surface area contributed by atoms with Gasteiger partial charge in [0.15, 0.2) is 6.61 Å². The molecule has 104 valence electrons. The van der Waals surface area contributed by atoms with Crippen LogP contribution >= 0.6 is 0 Å². The molecule has 0 spiro atoms. The molecule has 5 nitrogen and oxygen atoms in total. The van der Waals surface area contributed by atoms with Crippen molar-refractivity contribution in [3.63, 3.8) is 0 Å². The van der Waals surface area contributed by atoms with Crippen LogP contribution in [-0.4, -0.2) is 44.6 Å². The van der Waals surface area contributed by atoms with E-state index in [0.717, 1.165) is 18.5 Å². The highest BCUT2D eigenvalue weighted by Gasteiger charge is 2.29. The summed E-state index contributed by atoms with van der Waals surface area (Å²) < 4.78 is 5.55. The summed E-state index contributed by atoms with van der Waals surface area (Å²) in [7, 11) is 5.71. The largest absolute Gasteiger partial charge is 0.482 e. The molecule has 19 heavy (non-hydrogen) atoms. The second-order valence-electron chi connectivity index (χ2n) is 5.14. The number of rotatable bonds is 5. The summed E-state index contributed by atoms with van der Waals surface area (Å²) in [6.07, 6.45) is 2.20. The van der Waals surface area contributed by atoms with Crippen LogP contribution in [0.2, 0.25) is 0 Å². The van der Waals surface area contributed by atoms with E-state index in [0.29, 0.717) is 17.5 Å². The molecule has 5 heteroatoms. The van der Waals surface area contributed by atoms with Crippen molar-refractivity contribution in [3.05, 3.63) is 18.2 Å². The van der Waals surface area contributed by atoms with Crippen molar-refractivity contribution in [1.82, 2.24) is 4.90 Å². The molecule has 2 rings (SSSR count). The lowest BCUT2D eigenvalue weighted by Gasteiger charge is -2.18. The third-order valence-electron chi connectivity index (χ3n) is 3.35. The van der Waals surface area contributed by atoms with Crippen molar-refractivity contribution in [2.24, 2.45) is 0 Å². The lowest BCUT2D eigenvalue weighted by molar-refractivity contribution is -0.132. The number of nitrogens with two attached hydrogens (primary N) is 1. The Morgan fingerprint density at radius 2 is 2.05 bits per heavy atom. The Bertz CT molecular complexity index is 470. The fraction of sp³-hybridized carbons (Fsp3) is 0.500. The topological polar surface area (TPSA) is 58.8 Å². The van der Waals surface area contributed by atoms with E-state index in [1.165, 1.54) is 0 Å². The maximum absolute atomic E-state index is 11.9. The van der Waals surface area contributed by atoms with Crippen LogP contribution in [0.4, 0.5) is 11.4 Å². The van der Waals surface area contributed by atoms with Gasteiger partial charge in [0.05, 0.1) is 5.69 Å². The van der Waals surface area contributed by atoms with Crippen LogP contribution in [0, 0.1) is 0 Å². The number of nitrogens with zero attached hydrogens (tertiary/aromatic N) is 2. The van der Waals surface area contributed by atoms with Gasteiger partial charge in [-0.2, -0.15) is 0 Å². The zero-order chi connectivity index (χ0) is 14.0. The number of hydrogen-bond acceptors (Lipinski definition) is 4. The third kappa shape index (κ3) is 3.30. The first-order valence-corrected chi connectivity index (χ1v) is 6.44. The Morgan fingerprint density at radius 1 is 1.37 bits per heavy atom. The van der Waals surface area contributed by atoms with Gasteiger partial charge in [0.2, 0.25) is 0 Å². The average molecular weight is 263 g/mol. The van der Waals surface area contributed by atoms with Gasteiger partial charge in [-0.15, -0.1) is 0 Å². The van der Waals surface area contributed by atoms with Crippen LogP contribution in [-0.2, 0) is 4.79 Å². The van der Waals surface area contributed by atoms with Crippen molar-refractivity contribution >= 4 is 17.3 Å². The second-order valence-corrected chi connectivity index (χ2v) is 5.14. The smallest absolute Gasteiger partial charge is 0.260 e. The Balaban J connectivity index is 1.98. The number of likely N-dealkylation sites (N-methyl/N-ethyl adjacent to an activating group) is 1. The summed E-state index contributed by atoms with van der Waals surface area (Å²) in [5, 5.41) is 0. The highest BCUT2D eigenvalue weighted by molar-refractivity contribution is 5.78. The minimum absolute atomic E-state index is 0.00263. The fourth-order valence-corrected chi connectivity index (χ4v) is 1.83. The second kappa shape index (κ2) is 5.38. The molecule has 2 N–H and O–H groups in total. The standard InChI is InChI=1S/C14H21N3O2/c1-16(2)11-6-7-12(15)13(8-11)19-9-14(18)17(3)10-4-5-10/h6-8,10H,4-5,9,15H2,1-3H3. The van der Waals surface area contributed by atoms with E-state index in [1.54, 1.807) is 11.0 Å². The van der Waals surface area contributed by atoms with Crippen LogP contribution < -0.4 is 15.4 Å². The molecular weight excluding hydrogens is 242 g/mol. The van der Waals surface area contributed by atoms with Crippen LogP contribution in [0.1, 0.15) is 12.8 Å². The van der Waals surface area contributed by atoms with Gasteiger partial charge in [-0.25, -0.2) is 0 Å². The molecule has 0 aliphatic heterocycles. The van der Waals surface area contributed by atoms with Crippen LogP contribution in [0.5, 0.6) is 5.75 Å². The Kier molecular flexibility index (Phi) is 3.83. The number of amides is 1. The van der Waals surface area contributed by atoms with Gasteiger partial charge in [0.25, 0.3) is 5.91 Å². The summed E-state index contributed by atoms with van der Waals surface area (Å²) in [4.78, 5) is 15.6.